The minimum Gasteiger partial charge on any atom is -0.468 e. The molecule has 3 N–H and O–H groups in total. The quantitative estimate of drug-likeness (QED) is 0.403. The van der Waals surface area contributed by atoms with Gasteiger partial charge < -0.3 is 15.1 Å². The first kappa shape index (κ1) is 23.3. The first-order valence-corrected chi connectivity index (χ1v) is 12.4. The van der Waals surface area contributed by atoms with Gasteiger partial charge in [-0.05, 0) is 56.2 Å². The lowest BCUT2D eigenvalue weighted by molar-refractivity contribution is 0.146. The van der Waals surface area contributed by atoms with Gasteiger partial charge in [0.25, 0.3) is 0 Å². The van der Waals surface area contributed by atoms with Gasteiger partial charge >= 0.3 is 0 Å². The summed E-state index contributed by atoms with van der Waals surface area (Å²) in [7, 11) is -0.125. The van der Waals surface area contributed by atoms with Crippen LogP contribution >= 0.6 is 0 Å². The Labute approximate surface area is 185 Å². The smallest absolute Gasteiger partial charge is 0.215 e. The van der Waals surface area contributed by atoms with Crippen LogP contribution in [0.4, 0.5) is 0 Å². The Balaban J connectivity index is 1.57. The number of piperidine rings is 1. The molecule has 2 aromatic rings. The molecule has 1 aromatic heterocycles. The van der Waals surface area contributed by atoms with E-state index in [-0.39, 0.29) is 11.8 Å². The molecule has 1 aliphatic heterocycles. The van der Waals surface area contributed by atoms with Crippen molar-refractivity contribution in [2.45, 2.75) is 37.6 Å². The normalized spacial score (nSPS) is 16.8. The molecule has 1 aliphatic rings. The van der Waals surface area contributed by atoms with E-state index in [1.807, 2.05) is 36.4 Å². The molecule has 1 atom stereocenters. The summed E-state index contributed by atoms with van der Waals surface area (Å²) in [5.41, 5.74) is 1.74. The van der Waals surface area contributed by atoms with Gasteiger partial charge in [0, 0.05) is 20.1 Å². The number of likely N-dealkylation sites (tertiary alicyclic amines) is 1. The zero-order valence-electron chi connectivity index (χ0n) is 18.3. The molecule has 0 saturated carbocycles. The number of hydrogen-bond acceptors (Lipinski definition) is 5. The molecular weight excluding hydrogens is 414 g/mol. The van der Waals surface area contributed by atoms with Crippen LogP contribution in [0.15, 0.2) is 52.1 Å². The Morgan fingerprint density at radius 2 is 1.90 bits per heavy atom. The second-order valence-corrected chi connectivity index (χ2v) is 9.64. The van der Waals surface area contributed by atoms with E-state index in [1.165, 1.54) is 26.3 Å². The third-order valence-electron chi connectivity index (χ3n) is 5.51. The summed E-state index contributed by atoms with van der Waals surface area (Å²) in [5.74, 6) is 1.62. The number of sulfonamides is 1. The SMILES string of the molecule is CN=C(NCc1cccc(CS(=O)(=O)NC)c1)NCC(c1ccco1)N1CCCCC1. The van der Waals surface area contributed by atoms with Crippen LogP contribution in [0.25, 0.3) is 0 Å². The summed E-state index contributed by atoms with van der Waals surface area (Å²) >= 11 is 0. The van der Waals surface area contributed by atoms with Gasteiger partial charge in [-0.1, -0.05) is 30.7 Å². The van der Waals surface area contributed by atoms with Gasteiger partial charge in [0.2, 0.25) is 10.0 Å². The maximum Gasteiger partial charge on any atom is 0.215 e. The Morgan fingerprint density at radius 1 is 1.13 bits per heavy atom. The van der Waals surface area contributed by atoms with Crippen molar-refractivity contribution in [1.29, 1.82) is 0 Å². The van der Waals surface area contributed by atoms with Crippen molar-refractivity contribution >= 4 is 16.0 Å². The third-order valence-corrected chi connectivity index (χ3v) is 6.84. The van der Waals surface area contributed by atoms with E-state index in [0.29, 0.717) is 19.0 Å². The minimum absolute atomic E-state index is 0.0367. The van der Waals surface area contributed by atoms with Crippen LogP contribution in [-0.4, -0.2) is 53.0 Å². The van der Waals surface area contributed by atoms with Crippen LogP contribution in [0.1, 0.15) is 42.2 Å². The molecule has 31 heavy (non-hydrogen) atoms. The van der Waals surface area contributed by atoms with Crippen molar-refractivity contribution in [1.82, 2.24) is 20.3 Å². The Hall–Kier alpha value is -2.36. The minimum atomic E-state index is -3.30. The molecule has 2 heterocycles. The summed E-state index contributed by atoms with van der Waals surface area (Å²) < 4.78 is 31.7. The van der Waals surface area contributed by atoms with Gasteiger partial charge in [-0.25, -0.2) is 13.1 Å². The zero-order chi connectivity index (χ0) is 22.1. The first-order valence-electron chi connectivity index (χ1n) is 10.7. The predicted molar refractivity (Wildman–Crippen MR) is 123 cm³/mol. The highest BCUT2D eigenvalue weighted by molar-refractivity contribution is 7.88. The fourth-order valence-corrected chi connectivity index (χ4v) is 4.60. The molecular formula is C22H33N5O3S. The Bertz CT molecular complexity index is 938. The molecule has 3 rings (SSSR count). The van der Waals surface area contributed by atoms with E-state index in [4.69, 9.17) is 4.42 Å². The Morgan fingerprint density at radius 3 is 2.58 bits per heavy atom. The number of benzene rings is 1. The van der Waals surface area contributed by atoms with E-state index in [2.05, 4.69) is 25.2 Å². The van der Waals surface area contributed by atoms with Gasteiger partial charge in [0.1, 0.15) is 5.76 Å². The maximum absolute atomic E-state index is 11.8. The van der Waals surface area contributed by atoms with Crippen LogP contribution in [0.2, 0.25) is 0 Å². The number of guanidine groups is 1. The van der Waals surface area contributed by atoms with Crippen molar-refractivity contribution in [3.05, 3.63) is 59.5 Å². The fourth-order valence-electron chi connectivity index (χ4n) is 3.84. The largest absolute Gasteiger partial charge is 0.468 e. The van der Waals surface area contributed by atoms with E-state index < -0.39 is 10.0 Å². The average Bonchev–Trinajstić information content (AvgIpc) is 3.31. The van der Waals surface area contributed by atoms with E-state index in [0.717, 1.165) is 30.0 Å². The number of rotatable bonds is 9. The predicted octanol–water partition coefficient (Wildman–Crippen LogP) is 2.22. The number of furan rings is 1. The van der Waals surface area contributed by atoms with Gasteiger partial charge in [0.05, 0.1) is 18.1 Å². The van der Waals surface area contributed by atoms with Gasteiger partial charge in [-0.3, -0.25) is 9.89 Å². The van der Waals surface area contributed by atoms with Gasteiger partial charge in [0.15, 0.2) is 5.96 Å². The van der Waals surface area contributed by atoms with Crippen molar-refractivity contribution in [2.75, 3.05) is 33.7 Å². The second-order valence-electron chi connectivity index (χ2n) is 7.72. The van der Waals surface area contributed by atoms with E-state index in [1.54, 1.807) is 13.3 Å². The molecule has 0 spiro atoms. The molecule has 0 radical (unpaired) electrons. The molecule has 0 aliphatic carbocycles. The van der Waals surface area contributed by atoms with E-state index in [9.17, 15) is 8.42 Å². The van der Waals surface area contributed by atoms with Crippen LogP contribution in [0.3, 0.4) is 0 Å². The first-order chi connectivity index (χ1) is 15.0. The van der Waals surface area contributed by atoms with Crippen LogP contribution in [0.5, 0.6) is 0 Å². The monoisotopic (exact) mass is 447 g/mol. The number of aliphatic imine (C=N–C) groups is 1. The van der Waals surface area contributed by atoms with Crippen molar-refractivity contribution in [2.24, 2.45) is 4.99 Å². The molecule has 8 nitrogen and oxygen atoms in total. The van der Waals surface area contributed by atoms with Crippen LogP contribution < -0.4 is 15.4 Å². The molecule has 1 unspecified atom stereocenters. The lowest BCUT2D eigenvalue weighted by Crippen LogP contribution is -2.44. The number of hydrogen-bond donors (Lipinski definition) is 3. The molecule has 9 heteroatoms. The summed E-state index contributed by atoms with van der Waals surface area (Å²) in [6.45, 7) is 3.37. The van der Waals surface area contributed by atoms with Crippen molar-refractivity contribution in [3.8, 4) is 0 Å². The van der Waals surface area contributed by atoms with Crippen LogP contribution in [-0.2, 0) is 22.3 Å². The summed E-state index contributed by atoms with van der Waals surface area (Å²) in [6.07, 6.45) is 5.43. The molecule has 1 saturated heterocycles. The number of nitrogens with one attached hydrogen (secondary N) is 3. The molecule has 1 fully saturated rings. The zero-order valence-corrected chi connectivity index (χ0v) is 19.1. The summed E-state index contributed by atoms with van der Waals surface area (Å²) in [6, 6.07) is 11.7. The van der Waals surface area contributed by atoms with Crippen LogP contribution in [0, 0.1) is 0 Å². The highest BCUT2D eigenvalue weighted by atomic mass is 32.2. The van der Waals surface area contributed by atoms with Crippen molar-refractivity contribution in [3.63, 3.8) is 0 Å². The van der Waals surface area contributed by atoms with E-state index >= 15 is 0 Å². The highest BCUT2D eigenvalue weighted by Gasteiger charge is 2.24. The third kappa shape index (κ3) is 7.09. The number of nitrogens with zero attached hydrogens (tertiary/aromatic N) is 2. The molecule has 1 aromatic carbocycles. The Kier molecular flexibility index (Phi) is 8.51. The lowest BCUT2D eigenvalue weighted by Gasteiger charge is -2.33. The summed E-state index contributed by atoms with van der Waals surface area (Å²) in [4.78, 5) is 6.80. The second kappa shape index (κ2) is 11.3. The fraction of sp³-hybridized carbons (Fsp3) is 0.500. The van der Waals surface area contributed by atoms with Crippen molar-refractivity contribution < 1.29 is 12.8 Å². The maximum atomic E-state index is 11.8. The molecule has 0 bridgehead atoms. The average molecular weight is 448 g/mol. The highest BCUT2D eigenvalue weighted by Crippen LogP contribution is 2.24. The lowest BCUT2D eigenvalue weighted by atomic mass is 10.1. The molecule has 0 amide bonds. The topological polar surface area (TPSA) is 99.0 Å². The standard InChI is InChI=1S/C22H33N5O3S/c1-23-22(25-15-18-8-6-9-19(14-18)17-31(28,29)24-2)26-16-20(21-10-7-13-30-21)27-11-4-3-5-12-27/h6-10,13-14,20,24H,3-5,11-12,15-17H2,1-2H3,(H2,23,25,26). The van der Waals surface area contributed by atoms with Gasteiger partial charge in [-0.15, -0.1) is 0 Å². The van der Waals surface area contributed by atoms with Gasteiger partial charge in [-0.2, -0.15) is 0 Å². The molecule has 170 valence electrons. The summed E-state index contributed by atoms with van der Waals surface area (Å²) in [5, 5.41) is 6.74.